The smallest absolute Gasteiger partial charge is 0.178 e. The number of carbonyl (C=O) groups excluding carboxylic acids is 1. The summed E-state index contributed by atoms with van der Waals surface area (Å²) < 4.78 is -0.310. The van der Waals surface area contributed by atoms with Crippen molar-refractivity contribution in [1.82, 2.24) is 0 Å². The molecule has 0 aliphatic carbocycles. The lowest BCUT2D eigenvalue weighted by molar-refractivity contribution is 0.0958. The van der Waals surface area contributed by atoms with Gasteiger partial charge in [-0.25, -0.2) is 0 Å². The van der Waals surface area contributed by atoms with Crippen LogP contribution in [0.4, 0.5) is 0 Å². The van der Waals surface area contributed by atoms with E-state index in [-0.39, 0.29) is 10.5 Å². The van der Waals surface area contributed by atoms with Crippen LogP contribution in [-0.2, 0) is 0 Å². The molecule has 17 heavy (non-hydrogen) atoms. The first kappa shape index (κ1) is 14.3. The molecule has 0 N–H and O–H groups in total. The molecule has 1 nitrogen and oxygen atoms in total. The Labute approximate surface area is 109 Å². The minimum Gasteiger partial charge on any atom is -0.293 e. The summed E-state index contributed by atoms with van der Waals surface area (Å²) in [6, 6.07) is 9.58. The molecule has 0 saturated carbocycles. The van der Waals surface area contributed by atoms with E-state index in [0.29, 0.717) is 0 Å². The molecule has 0 atom stereocenters. The molecule has 1 rings (SSSR count). The topological polar surface area (TPSA) is 17.1 Å². The molecular formula is C15H22OS. The summed E-state index contributed by atoms with van der Waals surface area (Å²) in [6.07, 6.45) is 3.68. The second kappa shape index (κ2) is 6.85. The van der Waals surface area contributed by atoms with Crippen LogP contribution >= 0.6 is 11.8 Å². The van der Waals surface area contributed by atoms with Crippen molar-refractivity contribution in [1.29, 1.82) is 0 Å². The van der Waals surface area contributed by atoms with Crippen LogP contribution in [0.5, 0.6) is 0 Å². The average Bonchev–Trinajstić information content (AvgIpc) is 2.35. The third kappa shape index (κ3) is 4.55. The Hall–Kier alpha value is -0.760. The molecule has 0 radical (unpaired) electrons. The van der Waals surface area contributed by atoms with Gasteiger partial charge in [-0.1, -0.05) is 50.1 Å². The highest BCUT2D eigenvalue weighted by atomic mass is 32.2. The van der Waals surface area contributed by atoms with Crippen LogP contribution in [0.1, 0.15) is 50.4 Å². The fourth-order valence-corrected chi connectivity index (χ4v) is 2.79. The Morgan fingerprint density at radius 2 is 1.82 bits per heavy atom. The second-order valence-corrected chi connectivity index (χ2v) is 6.48. The van der Waals surface area contributed by atoms with Crippen molar-refractivity contribution in [3.8, 4) is 0 Å². The summed E-state index contributed by atoms with van der Waals surface area (Å²) in [5.41, 5.74) is 0.820. The molecule has 0 amide bonds. The van der Waals surface area contributed by atoms with Crippen LogP contribution in [0, 0.1) is 0 Å². The van der Waals surface area contributed by atoms with Gasteiger partial charge < -0.3 is 0 Å². The first-order chi connectivity index (χ1) is 8.08. The Morgan fingerprint density at radius 3 is 2.41 bits per heavy atom. The molecular weight excluding hydrogens is 228 g/mol. The van der Waals surface area contributed by atoms with Crippen molar-refractivity contribution < 1.29 is 4.79 Å². The molecule has 0 saturated heterocycles. The SMILES string of the molecule is CCCCCSC(C)(C)C(=O)c1ccccc1. The third-order valence-electron chi connectivity index (χ3n) is 2.79. The number of rotatable bonds is 7. The van der Waals surface area contributed by atoms with Gasteiger partial charge in [-0.05, 0) is 26.0 Å². The predicted molar refractivity (Wildman–Crippen MR) is 76.8 cm³/mol. The zero-order valence-electron chi connectivity index (χ0n) is 11.0. The van der Waals surface area contributed by atoms with Crippen molar-refractivity contribution in [2.75, 3.05) is 5.75 Å². The number of thioether (sulfide) groups is 1. The lowest BCUT2D eigenvalue weighted by atomic mass is 10.0. The van der Waals surface area contributed by atoms with Crippen LogP contribution in [0.2, 0.25) is 0 Å². The number of Topliss-reactive ketones (excluding diaryl/α,β-unsaturated/α-hetero) is 1. The van der Waals surface area contributed by atoms with E-state index in [1.165, 1.54) is 19.3 Å². The van der Waals surface area contributed by atoms with Gasteiger partial charge in [0, 0.05) is 5.56 Å². The zero-order valence-corrected chi connectivity index (χ0v) is 11.8. The van der Waals surface area contributed by atoms with E-state index in [4.69, 9.17) is 0 Å². The molecule has 1 aromatic rings. The maximum absolute atomic E-state index is 12.3. The molecule has 0 aliphatic heterocycles. The van der Waals surface area contributed by atoms with Crippen LogP contribution in [0.25, 0.3) is 0 Å². The molecule has 0 aliphatic rings. The van der Waals surface area contributed by atoms with E-state index < -0.39 is 0 Å². The van der Waals surface area contributed by atoms with Crippen LogP contribution < -0.4 is 0 Å². The monoisotopic (exact) mass is 250 g/mol. The minimum absolute atomic E-state index is 0.236. The quantitative estimate of drug-likeness (QED) is 0.521. The summed E-state index contributed by atoms with van der Waals surface area (Å²) in [5, 5.41) is 0. The molecule has 0 spiro atoms. The van der Waals surface area contributed by atoms with Gasteiger partial charge in [0.05, 0.1) is 4.75 Å². The van der Waals surface area contributed by atoms with Crippen LogP contribution in [0.3, 0.4) is 0 Å². The second-order valence-electron chi connectivity index (χ2n) is 4.76. The Morgan fingerprint density at radius 1 is 1.18 bits per heavy atom. The van der Waals surface area contributed by atoms with Crippen molar-refractivity contribution in [2.24, 2.45) is 0 Å². The van der Waals surface area contributed by atoms with Crippen LogP contribution in [-0.4, -0.2) is 16.3 Å². The van der Waals surface area contributed by atoms with Gasteiger partial charge in [0.2, 0.25) is 0 Å². The number of benzene rings is 1. The molecule has 2 heteroatoms. The maximum Gasteiger partial charge on any atom is 0.178 e. The highest BCUT2D eigenvalue weighted by Crippen LogP contribution is 2.29. The van der Waals surface area contributed by atoms with Crippen molar-refractivity contribution in [2.45, 2.75) is 44.8 Å². The number of hydrogen-bond acceptors (Lipinski definition) is 2. The number of carbonyl (C=O) groups is 1. The summed E-state index contributed by atoms with van der Waals surface area (Å²) in [7, 11) is 0. The van der Waals surface area contributed by atoms with E-state index in [1.54, 1.807) is 11.8 Å². The highest BCUT2D eigenvalue weighted by molar-refractivity contribution is 8.01. The molecule has 0 aromatic heterocycles. The predicted octanol–water partition coefficient (Wildman–Crippen LogP) is 4.57. The highest BCUT2D eigenvalue weighted by Gasteiger charge is 2.28. The third-order valence-corrected chi connectivity index (χ3v) is 4.19. The van der Waals surface area contributed by atoms with E-state index in [2.05, 4.69) is 6.92 Å². The summed E-state index contributed by atoms with van der Waals surface area (Å²) in [6.45, 7) is 6.25. The summed E-state index contributed by atoms with van der Waals surface area (Å²) in [4.78, 5) is 12.3. The lowest BCUT2D eigenvalue weighted by Crippen LogP contribution is -2.28. The van der Waals surface area contributed by atoms with Gasteiger partial charge >= 0.3 is 0 Å². The average molecular weight is 250 g/mol. The molecule has 94 valence electrons. The molecule has 1 aromatic carbocycles. The standard InChI is InChI=1S/C15H22OS/c1-4-5-9-12-17-15(2,3)14(16)13-10-7-6-8-11-13/h6-8,10-11H,4-5,9,12H2,1-3H3. The largest absolute Gasteiger partial charge is 0.293 e. The lowest BCUT2D eigenvalue weighted by Gasteiger charge is -2.22. The Kier molecular flexibility index (Phi) is 5.76. The van der Waals surface area contributed by atoms with E-state index in [0.717, 1.165) is 11.3 Å². The van der Waals surface area contributed by atoms with Crippen molar-refractivity contribution in [3.05, 3.63) is 35.9 Å². The molecule has 0 heterocycles. The fourth-order valence-electron chi connectivity index (χ4n) is 1.68. The van der Waals surface area contributed by atoms with E-state index >= 15 is 0 Å². The minimum atomic E-state index is -0.310. The number of unbranched alkanes of at least 4 members (excludes halogenated alkanes) is 2. The zero-order chi connectivity index (χ0) is 12.7. The van der Waals surface area contributed by atoms with Gasteiger partial charge in [0.15, 0.2) is 5.78 Å². The molecule has 0 fully saturated rings. The van der Waals surface area contributed by atoms with Crippen LogP contribution in [0.15, 0.2) is 30.3 Å². The number of ketones is 1. The summed E-state index contributed by atoms with van der Waals surface area (Å²) >= 11 is 1.77. The van der Waals surface area contributed by atoms with E-state index in [9.17, 15) is 4.79 Å². The summed E-state index contributed by atoms with van der Waals surface area (Å²) in [5.74, 6) is 1.30. The fraction of sp³-hybridized carbons (Fsp3) is 0.533. The molecule has 0 bridgehead atoms. The first-order valence-electron chi connectivity index (χ1n) is 6.31. The Bertz CT molecular complexity index is 343. The van der Waals surface area contributed by atoms with Gasteiger partial charge in [0.1, 0.15) is 0 Å². The van der Waals surface area contributed by atoms with Gasteiger partial charge in [-0.15, -0.1) is 11.8 Å². The van der Waals surface area contributed by atoms with Gasteiger partial charge in [-0.2, -0.15) is 0 Å². The Balaban J connectivity index is 2.55. The van der Waals surface area contributed by atoms with Gasteiger partial charge in [0.25, 0.3) is 0 Å². The molecule has 0 unspecified atom stereocenters. The normalized spacial score (nSPS) is 11.5. The first-order valence-corrected chi connectivity index (χ1v) is 7.30. The van der Waals surface area contributed by atoms with E-state index in [1.807, 2.05) is 44.2 Å². The van der Waals surface area contributed by atoms with Crippen molar-refractivity contribution in [3.63, 3.8) is 0 Å². The van der Waals surface area contributed by atoms with Crippen molar-refractivity contribution >= 4 is 17.5 Å². The number of hydrogen-bond donors (Lipinski definition) is 0. The maximum atomic E-state index is 12.3. The van der Waals surface area contributed by atoms with Gasteiger partial charge in [-0.3, -0.25) is 4.79 Å².